The molecule has 1 fully saturated rings. The van der Waals surface area contributed by atoms with Gasteiger partial charge in [-0.3, -0.25) is 0 Å². The van der Waals surface area contributed by atoms with Gasteiger partial charge in [0.2, 0.25) is 0 Å². The van der Waals surface area contributed by atoms with Crippen LogP contribution in [0, 0.1) is 0 Å². The lowest BCUT2D eigenvalue weighted by atomic mass is 10.2. The highest BCUT2D eigenvalue weighted by molar-refractivity contribution is 5.74. The van der Waals surface area contributed by atoms with E-state index in [2.05, 4.69) is 0 Å². The second-order valence-corrected chi connectivity index (χ2v) is 3.09. The fourth-order valence-electron chi connectivity index (χ4n) is 0.897. The van der Waals surface area contributed by atoms with Gasteiger partial charge in [0, 0.05) is 20.1 Å². The van der Waals surface area contributed by atoms with Gasteiger partial charge in [-0.15, -0.1) is 0 Å². The Balaban J connectivity index is 0. The van der Waals surface area contributed by atoms with Gasteiger partial charge in [-0.1, -0.05) is 14.4 Å². The molecule has 1 rings (SSSR count). The van der Waals surface area contributed by atoms with Crippen LogP contribution in [0.25, 0.3) is 0 Å². The fourth-order valence-corrected chi connectivity index (χ4v) is 0.897. The number of carbonyl (C=O) groups excluding carboxylic acids is 1. The molecule has 1 heterocycles. The van der Waals surface area contributed by atoms with E-state index in [4.69, 9.17) is 9.47 Å². The van der Waals surface area contributed by atoms with Crippen molar-refractivity contribution in [3.8, 4) is 0 Å². The highest BCUT2D eigenvalue weighted by Gasteiger charge is 2.10. The minimum atomic E-state index is 0. The van der Waals surface area contributed by atoms with Crippen molar-refractivity contribution >= 4 is 5.78 Å². The number of rotatable bonds is 2. The summed E-state index contributed by atoms with van der Waals surface area (Å²) in [5.74, 6) is 0.255. The molecule has 0 aliphatic carbocycles. The summed E-state index contributed by atoms with van der Waals surface area (Å²) in [5.41, 5.74) is 0. The van der Waals surface area contributed by atoms with Gasteiger partial charge in [-0.25, -0.2) is 0 Å². The zero-order chi connectivity index (χ0) is 10.1. The zero-order valence-electron chi connectivity index (χ0n) is 8.84. The first-order valence-electron chi connectivity index (χ1n) is 4.84. The third-order valence-corrected chi connectivity index (χ3v) is 1.90. The fraction of sp³-hybridized carbons (Fsp3) is 0.909. The van der Waals surface area contributed by atoms with E-state index in [1.807, 2.05) is 6.92 Å². The molecule has 0 radical (unpaired) electrons. The van der Waals surface area contributed by atoms with Crippen molar-refractivity contribution in [2.24, 2.45) is 0 Å². The smallest absolute Gasteiger partial charge is 0.157 e. The maximum absolute atomic E-state index is 9.81. The van der Waals surface area contributed by atoms with E-state index in [0.29, 0.717) is 6.42 Å². The van der Waals surface area contributed by atoms with Crippen LogP contribution in [0.1, 0.15) is 47.0 Å². The van der Waals surface area contributed by atoms with Crippen LogP contribution in [0.4, 0.5) is 0 Å². The van der Waals surface area contributed by atoms with Crippen LogP contribution in [0.5, 0.6) is 0 Å². The molecule has 0 amide bonds. The Labute approximate surface area is 87.8 Å². The lowest BCUT2D eigenvalue weighted by Crippen LogP contribution is -2.20. The Morgan fingerprint density at radius 3 is 2.29 bits per heavy atom. The summed E-state index contributed by atoms with van der Waals surface area (Å²) in [5, 5.41) is 0. The van der Waals surface area contributed by atoms with E-state index in [-0.39, 0.29) is 19.5 Å². The molecule has 0 aromatic carbocycles. The quantitative estimate of drug-likeness (QED) is 0.694. The lowest BCUT2D eigenvalue weighted by Gasteiger charge is -2.20. The van der Waals surface area contributed by atoms with E-state index in [1.165, 1.54) is 12.8 Å². The Morgan fingerprint density at radius 1 is 1.50 bits per heavy atom. The van der Waals surface area contributed by atoms with Crippen molar-refractivity contribution in [3.05, 3.63) is 0 Å². The Morgan fingerprint density at radius 2 is 2.07 bits per heavy atom. The molecule has 3 nitrogen and oxygen atoms in total. The lowest BCUT2D eigenvalue weighted by molar-refractivity contribution is -0.145. The van der Waals surface area contributed by atoms with E-state index >= 15 is 0 Å². The predicted molar refractivity (Wildman–Crippen MR) is 58.3 cm³/mol. The van der Waals surface area contributed by atoms with Gasteiger partial charge in [0.25, 0.3) is 0 Å². The normalized spacial score (nSPS) is 20.1. The van der Waals surface area contributed by atoms with Crippen LogP contribution in [-0.4, -0.2) is 25.8 Å². The zero-order valence-corrected chi connectivity index (χ0v) is 8.84. The van der Waals surface area contributed by atoms with Crippen molar-refractivity contribution in [2.75, 3.05) is 13.7 Å². The number of Topliss-reactive ketones (excluding diaryl/α,β-unsaturated/α-hetero) is 1. The molecule has 1 aliphatic heterocycles. The van der Waals surface area contributed by atoms with Crippen molar-refractivity contribution in [3.63, 3.8) is 0 Å². The number of hydrogen-bond donors (Lipinski definition) is 0. The monoisotopic (exact) mass is 204 g/mol. The van der Waals surface area contributed by atoms with Crippen LogP contribution >= 0.6 is 0 Å². The second kappa shape index (κ2) is 10.7. The van der Waals surface area contributed by atoms with Crippen molar-refractivity contribution in [2.45, 2.75) is 53.2 Å². The minimum absolute atomic E-state index is 0. The molecular weight excluding hydrogens is 180 g/mol. The highest BCUT2D eigenvalue weighted by atomic mass is 16.7. The number of ether oxygens (including phenoxy) is 2. The van der Waals surface area contributed by atoms with Crippen LogP contribution in [0.3, 0.4) is 0 Å². The molecule has 1 aliphatic rings. The number of ketones is 1. The third kappa shape index (κ3) is 9.68. The SMILES string of the molecule is C.CCC(C)=O.COC1CCCCO1. The maximum atomic E-state index is 9.81. The maximum Gasteiger partial charge on any atom is 0.157 e. The summed E-state index contributed by atoms with van der Waals surface area (Å²) in [6, 6.07) is 0. The Bertz CT molecular complexity index is 128. The largest absolute Gasteiger partial charge is 0.356 e. The first-order valence-corrected chi connectivity index (χ1v) is 4.84. The molecule has 0 bridgehead atoms. The molecule has 3 heteroatoms. The third-order valence-electron chi connectivity index (χ3n) is 1.90. The summed E-state index contributed by atoms with van der Waals surface area (Å²) in [6.07, 6.45) is 4.26. The Hall–Kier alpha value is -0.410. The second-order valence-electron chi connectivity index (χ2n) is 3.09. The van der Waals surface area contributed by atoms with Gasteiger partial charge in [-0.2, -0.15) is 0 Å². The van der Waals surface area contributed by atoms with Gasteiger partial charge in [0.05, 0.1) is 0 Å². The topological polar surface area (TPSA) is 35.5 Å². The molecule has 0 aromatic rings. The van der Waals surface area contributed by atoms with E-state index < -0.39 is 0 Å². The molecule has 86 valence electrons. The van der Waals surface area contributed by atoms with Crippen LogP contribution < -0.4 is 0 Å². The van der Waals surface area contributed by atoms with Gasteiger partial charge >= 0.3 is 0 Å². The van der Waals surface area contributed by atoms with Gasteiger partial charge < -0.3 is 14.3 Å². The minimum Gasteiger partial charge on any atom is -0.356 e. The molecule has 1 atom stereocenters. The molecule has 0 N–H and O–H groups in total. The predicted octanol–water partition coefficient (Wildman–Crippen LogP) is 2.78. The Kier molecular flexibility index (Phi) is 12.2. The van der Waals surface area contributed by atoms with E-state index in [0.717, 1.165) is 13.0 Å². The molecule has 0 saturated carbocycles. The molecule has 0 aromatic heterocycles. The first kappa shape index (κ1) is 16.0. The van der Waals surface area contributed by atoms with Gasteiger partial charge in [0.1, 0.15) is 5.78 Å². The molecule has 0 spiro atoms. The van der Waals surface area contributed by atoms with Crippen molar-refractivity contribution < 1.29 is 14.3 Å². The number of carbonyl (C=O) groups is 1. The molecule has 1 unspecified atom stereocenters. The molecule has 14 heavy (non-hydrogen) atoms. The standard InChI is InChI=1S/C6H12O2.C4H8O.CH4/c1-7-6-4-2-3-5-8-6;1-3-4(2)5;/h6H,2-5H2,1H3;3H2,1-2H3;1H4. The summed E-state index contributed by atoms with van der Waals surface area (Å²) in [7, 11) is 1.69. The summed E-state index contributed by atoms with van der Waals surface area (Å²) in [4.78, 5) is 9.81. The summed E-state index contributed by atoms with van der Waals surface area (Å²) in [6.45, 7) is 4.31. The van der Waals surface area contributed by atoms with Crippen molar-refractivity contribution in [1.29, 1.82) is 0 Å². The van der Waals surface area contributed by atoms with Crippen LogP contribution in [0.2, 0.25) is 0 Å². The number of methoxy groups -OCH3 is 1. The molecular formula is C11H24O3. The first-order chi connectivity index (χ1) is 6.20. The average Bonchev–Trinajstić information content (AvgIpc) is 2.20. The van der Waals surface area contributed by atoms with E-state index in [9.17, 15) is 4.79 Å². The molecule has 1 saturated heterocycles. The van der Waals surface area contributed by atoms with E-state index in [1.54, 1.807) is 14.0 Å². The van der Waals surface area contributed by atoms with Crippen molar-refractivity contribution in [1.82, 2.24) is 0 Å². The average molecular weight is 204 g/mol. The number of hydrogen-bond acceptors (Lipinski definition) is 3. The van der Waals surface area contributed by atoms with Crippen LogP contribution in [-0.2, 0) is 14.3 Å². The van der Waals surface area contributed by atoms with Gasteiger partial charge in [0.15, 0.2) is 6.29 Å². The van der Waals surface area contributed by atoms with Crippen LogP contribution in [0.15, 0.2) is 0 Å². The van der Waals surface area contributed by atoms with Gasteiger partial charge in [-0.05, 0) is 26.2 Å². The summed E-state index contributed by atoms with van der Waals surface area (Å²) < 4.78 is 10.2. The highest BCUT2D eigenvalue weighted by Crippen LogP contribution is 2.11. The summed E-state index contributed by atoms with van der Waals surface area (Å²) >= 11 is 0.